The van der Waals surface area contributed by atoms with Gasteiger partial charge in [-0.3, -0.25) is 0 Å². The highest BCUT2D eigenvalue weighted by molar-refractivity contribution is 7.89. The number of hydrogen-bond donors (Lipinski definition) is 0. The Labute approximate surface area is 120 Å². The second-order valence-electron chi connectivity index (χ2n) is 4.24. The first-order valence-corrected chi connectivity index (χ1v) is 8.07. The standard InChI is InChI=1S/C13H20ClNO3S/c1-4-11-5-6-13(9-12(11)10-14)19(16,17)15(2)7-8-18-3/h5-6,9H,4,7-8,10H2,1-3H3. The summed E-state index contributed by atoms with van der Waals surface area (Å²) in [6, 6.07) is 5.12. The number of rotatable bonds is 7. The van der Waals surface area contributed by atoms with Crippen molar-refractivity contribution in [3.05, 3.63) is 29.3 Å². The van der Waals surface area contributed by atoms with E-state index in [0.717, 1.165) is 17.5 Å². The fourth-order valence-electron chi connectivity index (χ4n) is 1.75. The molecule has 0 heterocycles. The minimum Gasteiger partial charge on any atom is -0.383 e. The Morgan fingerprint density at radius 2 is 2.00 bits per heavy atom. The first-order chi connectivity index (χ1) is 8.97. The number of alkyl halides is 1. The van der Waals surface area contributed by atoms with Crippen LogP contribution in [-0.2, 0) is 27.1 Å². The summed E-state index contributed by atoms with van der Waals surface area (Å²) in [5.41, 5.74) is 1.94. The summed E-state index contributed by atoms with van der Waals surface area (Å²) in [7, 11) is -0.386. The van der Waals surface area contributed by atoms with Crippen molar-refractivity contribution in [2.75, 3.05) is 27.3 Å². The van der Waals surface area contributed by atoms with Gasteiger partial charge in [0.2, 0.25) is 10.0 Å². The first-order valence-electron chi connectivity index (χ1n) is 6.10. The van der Waals surface area contributed by atoms with Crippen LogP contribution in [-0.4, -0.2) is 40.0 Å². The van der Waals surface area contributed by atoms with E-state index in [1.54, 1.807) is 26.3 Å². The van der Waals surface area contributed by atoms with Gasteiger partial charge in [-0.25, -0.2) is 8.42 Å². The average Bonchev–Trinajstić information content (AvgIpc) is 2.43. The lowest BCUT2D eigenvalue weighted by Crippen LogP contribution is -2.30. The second-order valence-corrected chi connectivity index (χ2v) is 6.55. The fourth-order valence-corrected chi connectivity index (χ4v) is 3.21. The van der Waals surface area contributed by atoms with Crippen LogP contribution in [0.1, 0.15) is 18.1 Å². The molecule has 0 N–H and O–H groups in total. The molecule has 108 valence electrons. The van der Waals surface area contributed by atoms with Gasteiger partial charge in [-0.15, -0.1) is 11.6 Å². The molecule has 0 spiro atoms. The van der Waals surface area contributed by atoms with Crippen LogP contribution >= 0.6 is 11.6 Å². The van der Waals surface area contributed by atoms with Gasteiger partial charge in [-0.2, -0.15) is 4.31 Å². The van der Waals surface area contributed by atoms with Crippen molar-refractivity contribution >= 4 is 21.6 Å². The van der Waals surface area contributed by atoms with Gasteiger partial charge in [0.05, 0.1) is 11.5 Å². The van der Waals surface area contributed by atoms with Crippen LogP contribution in [0.5, 0.6) is 0 Å². The number of methoxy groups -OCH3 is 1. The molecule has 4 nitrogen and oxygen atoms in total. The van der Waals surface area contributed by atoms with Gasteiger partial charge in [-0.1, -0.05) is 13.0 Å². The highest BCUT2D eigenvalue weighted by Gasteiger charge is 2.21. The maximum Gasteiger partial charge on any atom is 0.242 e. The number of nitrogens with zero attached hydrogens (tertiary/aromatic N) is 1. The predicted octanol–water partition coefficient (Wildman–Crippen LogP) is 2.25. The molecule has 0 unspecified atom stereocenters. The quantitative estimate of drug-likeness (QED) is 0.726. The van der Waals surface area contributed by atoms with Crippen molar-refractivity contribution in [2.24, 2.45) is 0 Å². The number of sulfonamides is 1. The molecule has 0 saturated heterocycles. The van der Waals surface area contributed by atoms with E-state index in [1.165, 1.54) is 4.31 Å². The van der Waals surface area contributed by atoms with Crippen LogP contribution in [0.4, 0.5) is 0 Å². The molecule has 6 heteroatoms. The summed E-state index contributed by atoms with van der Waals surface area (Å²) in [6.45, 7) is 2.71. The van der Waals surface area contributed by atoms with Gasteiger partial charge >= 0.3 is 0 Å². The lowest BCUT2D eigenvalue weighted by Gasteiger charge is -2.17. The lowest BCUT2D eigenvalue weighted by atomic mass is 10.1. The Kier molecular flexibility index (Phi) is 6.26. The van der Waals surface area contributed by atoms with Crippen LogP contribution < -0.4 is 0 Å². The zero-order chi connectivity index (χ0) is 14.5. The van der Waals surface area contributed by atoms with E-state index in [4.69, 9.17) is 16.3 Å². The van der Waals surface area contributed by atoms with Crippen molar-refractivity contribution in [2.45, 2.75) is 24.1 Å². The first kappa shape index (κ1) is 16.4. The van der Waals surface area contributed by atoms with E-state index in [0.29, 0.717) is 19.0 Å². The summed E-state index contributed by atoms with van der Waals surface area (Å²) in [5.74, 6) is 0.314. The summed E-state index contributed by atoms with van der Waals surface area (Å²) in [5, 5.41) is 0. The zero-order valence-electron chi connectivity index (χ0n) is 11.5. The number of halogens is 1. The van der Waals surface area contributed by atoms with Crippen LogP contribution in [0.15, 0.2) is 23.1 Å². The number of likely N-dealkylation sites (N-methyl/N-ethyl adjacent to an activating group) is 1. The van der Waals surface area contributed by atoms with Crippen molar-refractivity contribution in [1.82, 2.24) is 4.31 Å². The Morgan fingerprint density at radius 3 is 2.53 bits per heavy atom. The van der Waals surface area contributed by atoms with E-state index in [2.05, 4.69) is 0 Å². The molecule has 0 saturated carbocycles. The normalized spacial score (nSPS) is 12.1. The molecular formula is C13H20ClNO3S. The van der Waals surface area contributed by atoms with Gasteiger partial charge < -0.3 is 4.74 Å². The molecule has 0 aliphatic heterocycles. The molecular weight excluding hydrogens is 286 g/mol. The summed E-state index contributed by atoms with van der Waals surface area (Å²) in [6.07, 6.45) is 0.835. The molecule has 1 aromatic rings. The van der Waals surface area contributed by atoms with E-state index in [-0.39, 0.29) is 4.90 Å². The number of benzene rings is 1. The molecule has 0 amide bonds. The van der Waals surface area contributed by atoms with Crippen molar-refractivity contribution in [3.63, 3.8) is 0 Å². The maximum absolute atomic E-state index is 12.3. The molecule has 1 rings (SSSR count). The topological polar surface area (TPSA) is 46.6 Å². The Hall–Kier alpha value is -0.620. The van der Waals surface area contributed by atoms with E-state index in [9.17, 15) is 8.42 Å². The Morgan fingerprint density at radius 1 is 1.32 bits per heavy atom. The van der Waals surface area contributed by atoms with Crippen molar-refractivity contribution in [1.29, 1.82) is 0 Å². The molecule has 0 aromatic heterocycles. The number of ether oxygens (including phenoxy) is 1. The number of aryl methyl sites for hydroxylation is 1. The van der Waals surface area contributed by atoms with Gasteiger partial charge in [0.1, 0.15) is 0 Å². The minimum atomic E-state index is -3.47. The molecule has 0 aliphatic carbocycles. The highest BCUT2D eigenvalue weighted by Crippen LogP contribution is 2.20. The van der Waals surface area contributed by atoms with Gasteiger partial charge in [-0.05, 0) is 29.7 Å². The van der Waals surface area contributed by atoms with E-state index >= 15 is 0 Å². The molecule has 0 atom stereocenters. The van der Waals surface area contributed by atoms with E-state index in [1.807, 2.05) is 13.0 Å². The van der Waals surface area contributed by atoms with Crippen LogP contribution in [0.3, 0.4) is 0 Å². The Balaban J connectivity index is 3.08. The third-order valence-corrected chi connectivity index (χ3v) is 5.16. The van der Waals surface area contributed by atoms with E-state index < -0.39 is 10.0 Å². The highest BCUT2D eigenvalue weighted by atomic mass is 35.5. The number of hydrogen-bond acceptors (Lipinski definition) is 3. The third kappa shape index (κ3) is 3.92. The molecule has 0 aliphatic rings. The lowest BCUT2D eigenvalue weighted by molar-refractivity contribution is 0.185. The molecule has 1 aromatic carbocycles. The summed E-state index contributed by atoms with van der Waals surface area (Å²) < 4.78 is 30.9. The maximum atomic E-state index is 12.3. The smallest absolute Gasteiger partial charge is 0.242 e. The monoisotopic (exact) mass is 305 g/mol. The predicted molar refractivity (Wildman–Crippen MR) is 77.1 cm³/mol. The third-order valence-electron chi connectivity index (χ3n) is 3.02. The van der Waals surface area contributed by atoms with Crippen molar-refractivity contribution in [3.8, 4) is 0 Å². The zero-order valence-corrected chi connectivity index (χ0v) is 13.1. The molecule has 19 heavy (non-hydrogen) atoms. The molecule has 0 radical (unpaired) electrons. The second kappa shape index (κ2) is 7.24. The fraction of sp³-hybridized carbons (Fsp3) is 0.538. The molecule has 0 fully saturated rings. The van der Waals surface area contributed by atoms with Crippen LogP contribution in [0, 0.1) is 0 Å². The van der Waals surface area contributed by atoms with Crippen LogP contribution in [0.25, 0.3) is 0 Å². The van der Waals surface area contributed by atoms with Crippen LogP contribution in [0.2, 0.25) is 0 Å². The SMILES string of the molecule is CCc1ccc(S(=O)(=O)N(C)CCOC)cc1CCl. The Bertz CT molecular complexity index is 517. The van der Waals surface area contributed by atoms with Gasteiger partial charge in [0.15, 0.2) is 0 Å². The average molecular weight is 306 g/mol. The van der Waals surface area contributed by atoms with Gasteiger partial charge in [0, 0.05) is 26.6 Å². The molecule has 0 bridgehead atoms. The summed E-state index contributed by atoms with van der Waals surface area (Å²) in [4.78, 5) is 0.277. The summed E-state index contributed by atoms with van der Waals surface area (Å²) >= 11 is 5.87. The van der Waals surface area contributed by atoms with Gasteiger partial charge in [0.25, 0.3) is 0 Å². The minimum absolute atomic E-state index is 0.277. The largest absolute Gasteiger partial charge is 0.383 e. The van der Waals surface area contributed by atoms with Crippen molar-refractivity contribution < 1.29 is 13.2 Å².